The minimum absolute atomic E-state index is 0.436. The molecule has 3 heterocycles. The number of hydrogen-bond donors (Lipinski definition) is 0. The Kier molecular flexibility index (Phi) is 2.36. The van der Waals surface area contributed by atoms with Crippen LogP contribution in [0.5, 0.6) is 0 Å². The molecule has 2 unspecified atom stereocenters. The third-order valence-corrected chi connectivity index (χ3v) is 6.32. The second-order valence-electron chi connectivity index (χ2n) is 6.45. The van der Waals surface area contributed by atoms with E-state index >= 15 is 0 Å². The molecule has 4 aromatic rings. The summed E-state index contributed by atoms with van der Waals surface area (Å²) in [4.78, 5) is 0. The highest BCUT2D eigenvalue weighted by molar-refractivity contribution is 7.26. The first-order chi connectivity index (χ1) is 11.9. The molecule has 1 saturated heterocycles. The first-order valence-electron chi connectivity index (χ1n) is 8.24. The quantitative estimate of drug-likeness (QED) is 0.462. The third kappa shape index (κ3) is 1.57. The fourth-order valence-electron chi connectivity index (χ4n) is 3.89. The Morgan fingerprint density at radius 3 is 2.46 bits per heavy atom. The highest BCUT2D eigenvalue weighted by Gasteiger charge is 2.58. The zero-order valence-corrected chi connectivity index (χ0v) is 13.7. The van der Waals surface area contributed by atoms with Crippen molar-refractivity contribution < 1.29 is 0 Å². The molecule has 1 fully saturated rings. The number of hydrazone groups is 1. The molecule has 0 N–H and O–H groups in total. The van der Waals surface area contributed by atoms with Crippen LogP contribution in [0.25, 0.3) is 20.2 Å². The third-order valence-electron chi connectivity index (χ3n) is 5.10. The largest absolute Gasteiger partial charge is 0.275 e. The zero-order chi connectivity index (χ0) is 15.7. The molecule has 0 saturated carbocycles. The monoisotopic (exact) mass is 326 g/mol. The lowest BCUT2D eigenvalue weighted by Gasteiger charge is -2.14. The van der Waals surface area contributed by atoms with Crippen LogP contribution in [0.15, 0.2) is 77.9 Å². The van der Waals surface area contributed by atoms with Crippen LogP contribution in [0.3, 0.4) is 0 Å². The van der Waals surface area contributed by atoms with Crippen LogP contribution < -0.4 is 0 Å². The van der Waals surface area contributed by atoms with Gasteiger partial charge in [-0.05, 0) is 11.6 Å². The van der Waals surface area contributed by atoms with Gasteiger partial charge in [0.05, 0.1) is 5.71 Å². The first kappa shape index (κ1) is 12.7. The van der Waals surface area contributed by atoms with Crippen molar-refractivity contribution >= 4 is 37.2 Å². The lowest BCUT2D eigenvalue weighted by molar-refractivity contribution is 0.506. The van der Waals surface area contributed by atoms with Gasteiger partial charge in [-0.15, -0.1) is 11.3 Å². The molecule has 0 bridgehead atoms. The standard InChI is InChI=1S/C21H14N2S/c1-2-7-13(8-3-1)19-20-18(22-23(19)20)16-11-6-10-15-14-9-4-5-12-17(14)24-21(15)16/h1-12,19-20H. The van der Waals surface area contributed by atoms with E-state index in [-0.39, 0.29) is 0 Å². The van der Waals surface area contributed by atoms with Gasteiger partial charge in [-0.2, -0.15) is 5.10 Å². The second kappa shape index (κ2) is 4.46. The summed E-state index contributed by atoms with van der Waals surface area (Å²) in [5, 5.41) is 9.73. The summed E-state index contributed by atoms with van der Waals surface area (Å²) in [7, 11) is 0. The molecule has 2 aliphatic heterocycles. The van der Waals surface area contributed by atoms with E-state index in [1.807, 2.05) is 11.3 Å². The van der Waals surface area contributed by atoms with E-state index in [1.54, 1.807) is 0 Å². The van der Waals surface area contributed by atoms with Gasteiger partial charge in [0.25, 0.3) is 0 Å². The maximum absolute atomic E-state index is 4.80. The van der Waals surface area contributed by atoms with Crippen molar-refractivity contribution in [1.82, 2.24) is 5.01 Å². The van der Waals surface area contributed by atoms with Gasteiger partial charge in [0, 0.05) is 25.7 Å². The summed E-state index contributed by atoms with van der Waals surface area (Å²) < 4.78 is 2.72. The van der Waals surface area contributed by atoms with Gasteiger partial charge in [-0.3, -0.25) is 5.01 Å². The van der Waals surface area contributed by atoms with E-state index in [0.29, 0.717) is 12.1 Å². The predicted molar refractivity (Wildman–Crippen MR) is 101 cm³/mol. The van der Waals surface area contributed by atoms with Crippen molar-refractivity contribution in [2.75, 3.05) is 0 Å². The molecule has 24 heavy (non-hydrogen) atoms. The minimum atomic E-state index is 0.436. The van der Waals surface area contributed by atoms with Gasteiger partial charge in [-0.25, -0.2) is 0 Å². The van der Waals surface area contributed by atoms with Crippen molar-refractivity contribution in [2.24, 2.45) is 5.10 Å². The molecule has 3 aromatic carbocycles. The fraction of sp³-hybridized carbons (Fsp3) is 0.0952. The molecule has 2 aliphatic rings. The van der Waals surface area contributed by atoms with Crippen LogP contribution in [-0.2, 0) is 0 Å². The molecule has 6 rings (SSSR count). The van der Waals surface area contributed by atoms with E-state index in [1.165, 1.54) is 37.0 Å². The van der Waals surface area contributed by atoms with Crippen LogP contribution in [-0.4, -0.2) is 16.8 Å². The van der Waals surface area contributed by atoms with Gasteiger partial charge in [0.15, 0.2) is 0 Å². The smallest absolute Gasteiger partial charge is 0.118 e. The second-order valence-corrected chi connectivity index (χ2v) is 7.50. The van der Waals surface area contributed by atoms with Crippen molar-refractivity contribution in [3.63, 3.8) is 0 Å². The average Bonchev–Trinajstić information content (AvgIpc) is 3.03. The highest BCUT2D eigenvalue weighted by atomic mass is 32.1. The van der Waals surface area contributed by atoms with Crippen LogP contribution in [0.1, 0.15) is 17.2 Å². The number of thiophene rings is 1. The number of fused-ring (bicyclic) bond motifs is 4. The fourth-order valence-corrected chi connectivity index (χ4v) is 5.12. The Balaban J connectivity index is 1.46. The van der Waals surface area contributed by atoms with E-state index in [2.05, 4.69) is 77.8 Å². The minimum Gasteiger partial charge on any atom is -0.275 e. The lowest BCUT2D eigenvalue weighted by atomic mass is 10.00. The topological polar surface area (TPSA) is 15.4 Å². The van der Waals surface area contributed by atoms with Crippen molar-refractivity contribution in [3.8, 4) is 0 Å². The maximum Gasteiger partial charge on any atom is 0.118 e. The summed E-state index contributed by atoms with van der Waals surface area (Å²) >= 11 is 1.88. The Bertz CT molecular complexity index is 1130. The van der Waals surface area contributed by atoms with Crippen molar-refractivity contribution in [3.05, 3.63) is 83.9 Å². The summed E-state index contributed by atoms with van der Waals surface area (Å²) in [6.45, 7) is 0. The Labute approximate surface area is 143 Å². The van der Waals surface area contributed by atoms with Crippen molar-refractivity contribution in [1.29, 1.82) is 0 Å². The number of rotatable bonds is 2. The Morgan fingerprint density at radius 1 is 0.750 bits per heavy atom. The van der Waals surface area contributed by atoms with Gasteiger partial charge < -0.3 is 0 Å². The van der Waals surface area contributed by atoms with Crippen LogP contribution in [0.4, 0.5) is 0 Å². The molecular formula is C21H14N2S. The summed E-state index contributed by atoms with van der Waals surface area (Å²) in [6.07, 6.45) is 0. The molecule has 114 valence electrons. The number of benzene rings is 3. The zero-order valence-electron chi connectivity index (χ0n) is 12.9. The van der Waals surface area contributed by atoms with Crippen LogP contribution in [0.2, 0.25) is 0 Å². The molecule has 2 nitrogen and oxygen atoms in total. The molecular weight excluding hydrogens is 312 g/mol. The molecule has 3 heteroatoms. The SMILES string of the molecule is c1ccc(C2C3C(c4cccc5c4sc4ccccc45)=NN32)cc1. The average molecular weight is 326 g/mol. The molecule has 0 radical (unpaired) electrons. The predicted octanol–water partition coefficient (Wildman–Crippen LogP) is 5.20. The van der Waals surface area contributed by atoms with Gasteiger partial charge >= 0.3 is 0 Å². The maximum atomic E-state index is 4.80. The Morgan fingerprint density at radius 2 is 1.54 bits per heavy atom. The van der Waals surface area contributed by atoms with Gasteiger partial charge in [0.1, 0.15) is 12.1 Å². The van der Waals surface area contributed by atoms with E-state index in [0.717, 1.165) is 0 Å². The summed E-state index contributed by atoms with van der Waals surface area (Å²) in [5.41, 5.74) is 3.93. The normalized spacial score (nSPS) is 21.5. The van der Waals surface area contributed by atoms with E-state index in [4.69, 9.17) is 5.10 Å². The molecule has 0 spiro atoms. The van der Waals surface area contributed by atoms with E-state index in [9.17, 15) is 0 Å². The van der Waals surface area contributed by atoms with Crippen LogP contribution in [0, 0.1) is 0 Å². The molecule has 0 amide bonds. The van der Waals surface area contributed by atoms with Crippen LogP contribution >= 0.6 is 11.3 Å². The summed E-state index contributed by atoms with van der Waals surface area (Å²) in [5.74, 6) is 0. The molecule has 0 aliphatic carbocycles. The molecule has 1 aromatic heterocycles. The highest BCUT2D eigenvalue weighted by Crippen LogP contribution is 2.52. The number of nitrogens with zero attached hydrogens (tertiary/aromatic N) is 2. The van der Waals surface area contributed by atoms with Gasteiger partial charge in [0.2, 0.25) is 0 Å². The lowest BCUT2D eigenvalue weighted by Crippen LogP contribution is -2.22. The molecule has 2 atom stereocenters. The number of hydrogen-bond acceptors (Lipinski definition) is 3. The summed E-state index contributed by atoms with van der Waals surface area (Å²) in [6, 6.07) is 26.9. The Hall–Kier alpha value is -2.65. The van der Waals surface area contributed by atoms with Gasteiger partial charge in [-0.1, -0.05) is 66.7 Å². The van der Waals surface area contributed by atoms with E-state index < -0.39 is 0 Å². The first-order valence-corrected chi connectivity index (χ1v) is 9.06. The van der Waals surface area contributed by atoms with Crippen molar-refractivity contribution in [2.45, 2.75) is 12.1 Å².